The normalized spacial score (nSPS) is 10.2. The molecule has 3 N–H and O–H groups in total. The Balaban J connectivity index is 1.75. The molecule has 0 unspecified atom stereocenters. The van der Waals surface area contributed by atoms with Gasteiger partial charge < -0.3 is 11.1 Å². The Hall–Kier alpha value is -1.65. The zero-order valence-electron chi connectivity index (χ0n) is 10.8. The molecule has 2 aromatic carbocycles. The molecule has 5 heteroatoms. The summed E-state index contributed by atoms with van der Waals surface area (Å²) in [6.45, 7) is 0. The summed E-state index contributed by atoms with van der Waals surface area (Å²) < 4.78 is 0. The van der Waals surface area contributed by atoms with Crippen molar-refractivity contribution in [1.29, 1.82) is 0 Å². The fourth-order valence-corrected chi connectivity index (χ4v) is 2.52. The minimum Gasteiger partial charge on any atom is -0.399 e. The first-order valence-corrected chi connectivity index (χ1v) is 7.64. The Morgan fingerprint density at radius 2 is 1.75 bits per heavy atom. The second-order valence-corrected chi connectivity index (χ2v) is 5.71. The van der Waals surface area contributed by atoms with Crippen molar-refractivity contribution in [2.24, 2.45) is 0 Å². The van der Waals surface area contributed by atoms with Gasteiger partial charge in [0, 0.05) is 22.2 Å². The van der Waals surface area contributed by atoms with Gasteiger partial charge in [0.25, 0.3) is 0 Å². The Labute approximate surface area is 127 Å². The molecule has 0 aliphatic heterocycles. The first-order valence-electron chi connectivity index (χ1n) is 6.11. The van der Waals surface area contributed by atoms with Crippen LogP contribution in [-0.4, -0.2) is 11.7 Å². The molecule has 0 saturated carbocycles. The van der Waals surface area contributed by atoms with Gasteiger partial charge in [-0.25, -0.2) is 0 Å². The number of carbonyl (C=O) groups is 1. The zero-order chi connectivity index (χ0) is 14.4. The molecule has 0 fully saturated rings. The first kappa shape index (κ1) is 14.8. The molecule has 0 radical (unpaired) electrons. The molecule has 2 aromatic rings. The lowest BCUT2D eigenvalue weighted by molar-refractivity contribution is -0.113. The van der Waals surface area contributed by atoms with Crippen LogP contribution in [0.5, 0.6) is 0 Å². The van der Waals surface area contributed by atoms with Gasteiger partial charge in [-0.05, 0) is 42.0 Å². The van der Waals surface area contributed by atoms with Crippen LogP contribution in [0.3, 0.4) is 0 Å². The smallest absolute Gasteiger partial charge is 0.234 e. The molecular formula is C15H15ClN2OS. The lowest BCUT2D eigenvalue weighted by Gasteiger charge is -2.05. The molecule has 0 aliphatic carbocycles. The van der Waals surface area contributed by atoms with Crippen molar-refractivity contribution in [1.82, 2.24) is 0 Å². The monoisotopic (exact) mass is 306 g/mol. The number of rotatable bonds is 5. The molecule has 0 atom stereocenters. The van der Waals surface area contributed by atoms with Gasteiger partial charge in [-0.15, -0.1) is 11.8 Å². The van der Waals surface area contributed by atoms with Gasteiger partial charge in [0.2, 0.25) is 5.91 Å². The summed E-state index contributed by atoms with van der Waals surface area (Å²) in [5.41, 5.74) is 8.18. The van der Waals surface area contributed by atoms with Crippen LogP contribution >= 0.6 is 23.4 Å². The van der Waals surface area contributed by atoms with Gasteiger partial charge in [0.15, 0.2) is 0 Å². The van der Waals surface area contributed by atoms with E-state index in [9.17, 15) is 4.79 Å². The highest BCUT2D eigenvalue weighted by molar-refractivity contribution is 7.99. The Kier molecular flexibility index (Phi) is 5.32. The zero-order valence-corrected chi connectivity index (χ0v) is 12.4. The van der Waals surface area contributed by atoms with Crippen LogP contribution in [-0.2, 0) is 10.5 Å². The van der Waals surface area contributed by atoms with Crippen LogP contribution in [0.2, 0.25) is 5.02 Å². The van der Waals surface area contributed by atoms with E-state index >= 15 is 0 Å². The Morgan fingerprint density at radius 3 is 2.40 bits per heavy atom. The predicted molar refractivity (Wildman–Crippen MR) is 87.1 cm³/mol. The molecule has 20 heavy (non-hydrogen) atoms. The van der Waals surface area contributed by atoms with E-state index in [2.05, 4.69) is 5.32 Å². The van der Waals surface area contributed by atoms with Crippen LogP contribution in [0.25, 0.3) is 0 Å². The lowest BCUT2D eigenvalue weighted by atomic mass is 10.2. The number of hydrogen-bond donors (Lipinski definition) is 2. The van der Waals surface area contributed by atoms with E-state index in [1.807, 2.05) is 24.3 Å². The minimum atomic E-state index is -0.0197. The van der Waals surface area contributed by atoms with E-state index in [0.29, 0.717) is 11.4 Å². The average Bonchev–Trinajstić information content (AvgIpc) is 2.44. The largest absolute Gasteiger partial charge is 0.399 e. The molecule has 0 bridgehead atoms. The van der Waals surface area contributed by atoms with E-state index in [0.717, 1.165) is 22.0 Å². The predicted octanol–water partition coefficient (Wildman–Crippen LogP) is 3.79. The lowest BCUT2D eigenvalue weighted by Crippen LogP contribution is -2.14. The second kappa shape index (κ2) is 7.22. The summed E-state index contributed by atoms with van der Waals surface area (Å²) in [5, 5.41) is 3.55. The van der Waals surface area contributed by atoms with Gasteiger partial charge in [0.1, 0.15) is 0 Å². The van der Waals surface area contributed by atoms with Crippen molar-refractivity contribution in [3.8, 4) is 0 Å². The Bertz CT molecular complexity index is 569. The van der Waals surface area contributed by atoms with E-state index in [4.69, 9.17) is 17.3 Å². The molecule has 0 saturated heterocycles. The topological polar surface area (TPSA) is 55.1 Å². The Morgan fingerprint density at radius 1 is 1.10 bits per heavy atom. The number of nitrogens with one attached hydrogen (secondary N) is 1. The van der Waals surface area contributed by atoms with Gasteiger partial charge in [-0.1, -0.05) is 23.7 Å². The van der Waals surface area contributed by atoms with Crippen molar-refractivity contribution in [3.63, 3.8) is 0 Å². The number of halogens is 1. The van der Waals surface area contributed by atoms with Crippen LogP contribution < -0.4 is 11.1 Å². The number of thioether (sulfide) groups is 1. The number of hydrogen-bond acceptors (Lipinski definition) is 3. The van der Waals surface area contributed by atoms with Crippen molar-refractivity contribution >= 4 is 40.6 Å². The van der Waals surface area contributed by atoms with E-state index in [-0.39, 0.29) is 5.91 Å². The maximum absolute atomic E-state index is 11.8. The molecule has 3 nitrogen and oxygen atoms in total. The number of nitrogen functional groups attached to an aromatic ring is 1. The summed E-state index contributed by atoms with van der Waals surface area (Å²) in [6.07, 6.45) is 0. The quantitative estimate of drug-likeness (QED) is 0.826. The number of anilines is 2. The highest BCUT2D eigenvalue weighted by Crippen LogP contribution is 2.16. The molecule has 0 aliphatic rings. The highest BCUT2D eigenvalue weighted by Gasteiger charge is 2.03. The fourth-order valence-electron chi connectivity index (χ4n) is 1.61. The summed E-state index contributed by atoms with van der Waals surface area (Å²) >= 11 is 7.38. The molecule has 104 valence electrons. The summed E-state index contributed by atoms with van der Waals surface area (Å²) in [6, 6.07) is 14.7. The molecular weight excluding hydrogens is 292 g/mol. The van der Waals surface area contributed by atoms with E-state index in [1.165, 1.54) is 0 Å². The molecule has 2 rings (SSSR count). The third-order valence-corrected chi connectivity index (χ3v) is 3.87. The highest BCUT2D eigenvalue weighted by atomic mass is 35.5. The molecule has 0 heterocycles. The number of nitrogens with two attached hydrogens (primary N) is 1. The number of amides is 1. The number of benzene rings is 2. The van der Waals surface area contributed by atoms with Crippen LogP contribution in [0.15, 0.2) is 48.5 Å². The van der Waals surface area contributed by atoms with Crippen LogP contribution in [0.4, 0.5) is 11.4 Å². The van der Waals surface area contributed by atoms with Crippen LogP contribution in [0, 0.1) is 0 Å². The third kappa shape index (κ3) is 4.79. The summed E-state index contributed by atoms with van der Waals surface area (Å²) in [4.78, 5) is 11.8. The summed E-state index contributed by atoms with van der Waals surface area (Å²) in [7, 11) is 0. The summed E-state index contributed by atoms with van der Waals surface area (Å²) in [5.74, 6) is 1.17. The standard InChI is InChI=1S/C15H15ClN2OS/c16-12-3-1-11(2-4-12)9-20-10-15(19)18-14-7-5-13(17)6-8-14/h1-8H,9-10,17H2,(H,18,19). The molecule has 0 spiro atoms. The average molecular weight is 307 g/mol. The van der Waals surface area contributed by atoms with Crippen molar-refractivity contribution in [2.45, 2.75) is 5.75 Å². The molecule has 0 aromatic heterocycles. The van der Waals surface area contributed by atoms with Crippen molar-refractivity contribution < 1.29 is 4.79 Å². The van der Waals surface area contributed by atoms with Gasteiger partial charge in [0.05, 0.1) is 5.75 Å². The van der Waals surface area contributed by atoms with Gasteiger partial charge >= 0.3 is 0 Å². The van der Waals surface area contributed by atoms with E-state index in [1.54, 1.807) is 36.0 Å². The van der Waals surface area contributed by atoms with Gasteiger partial charge in [-0.3, -0.25) is 4.79 Å². The first-order chi connectivity index (χ1) is 9.63. The van der Waals surface area contributed by atoms with E-state index < -0.39 is 0 Å². The second-order valence-electron chi connectivity index (χ2n) is 4.29. The maximum Gasteiger partial charge on any atom is 0.234 e. The van der Waals surface area contributed by atoms with Gasteiger partial charge in [-0.2, -0.15) is 0 Å². The molecule has 1 amide bonds. The third-order valence-electron chi connectivity index (χ3n) is 2.61. The maximum atomic E-state index is 11.8. The fraction of sp³-hybridized carbons (Fsp3) is 0.133. The minimum absolute atomic E-state index is 0.0197. The number of carbonyl (C=O) groups excluding carboxylic acids is 1. The van der Waals surface area contributed by atoms with Crippen molar-refractivity contribution in [3.05, 3.63) is 59.1 Å². The van der Waals surface area contributed by atoms with Crippen LogP contribution in [0.1, 0.15) is 5.56 Å². The van der Waals surface area contributed by atoms with Crippen molar-refractivity contribution in [2.75, 3.05) is 16.8 Å². The SMILES string of the molecule is Nc1ccc(NC(=O)CSCc2ccc(Cl)cc2)cc1.